The molecule has 4 rings (SSSR count). The van der Waals surface area contributed by atoms with Crippen LogP contribution in [0.5, 0.6) is 0 Å². The molecule has 2 aliphatic rings. The monoisotopic (exact) mass is 296 g/mol. The Hall–Kier alpha value is -1.68. The molecular formula is C18H24N4. The van der Waals surface area contributed by atoms with Crippen molar-refractivity contribution in [3.05, 3.63) is 47.0 Å². The third-order valence-corrected chi connectivity index (χ3v) is 5.06. The van der Waals surface area contributed by atoms with Crippen molar-refractivity contribution in [2.24, 2.45) is 5.73 Å². The molecule has 2 heterocycles. The van der Waals surface area contributed by atoms with E-state index >= 15 is 0 Å². The number of rotatable bonds is 5. The van der Waals surface area contributed by atoms with Gasteiger partial charge >= 0.3 is 0 Å². The first kappa shape index (κ1) is 13.9. The highest BCUT2D eigenvalue weighted by atomic mass is 15.3. The Labute approximate surface area is 131 Å². The molecule has 1 saturated carbocycles. The first-order valence-electron chi connectivity index (χ1n) is 8.55. The van der Waals surface area contributed by atoms with E-state index in [1.165, 1.54) is 49.1 Å². The van der Waals surface area contributed by atoms with E-state index in [0.717, 1.165) is 19.5 Å². The number of aromatic nitrogens is 3. The van der Waals surface area contributed by atoms with Crippen LogP contribution in [0, 0.1) is 0 Å². The van der Waals surface area contributed by atoms with Crippen LogP contribution in [0.2, 0.25) is 0 Å². The number of nitrogens with two attached hydrogens (primary N) is 1. The smallest absolute Gasteiger partial charge is 0.0693 e. The van der Waals surface area contributed by atoms with E-state index in [4.69, 9.17) is 10.8 Å². The van der Waals surface area contributed by atoms with Crippen molar-refractivity contribution in [1.82, 2.24) is 14.8 Å². The molecule has 0 amide bonds. The average molecular weight is 296 g/mol. The van der Waals surface area contributed by atoms with Crippen molar-refractivity contribution < 1.29 is 0 Å². The van der Waals surface area contributed by atoms with Gasteiger partial charge in [0.05, 0.1) is 12.2 Å². The molecule has 2 aromatic heterocycles. The van der Waals surface area contributed by atoms with Crippen molar-refractivity contribution >= 4 is 0 Å². The van der Waals surface area contributed by atoms with Crippen LogP contribution in [0.25, 0.3) is 0 Å². The molecule has 0 bridgehead atoms. The van der Waals surface area contributed by atoms with Crippen molar-refractivity contribution in [2.75, 3.05) is 6.54 Å². The highest BCUT2D eigenvalue weighted by molar-refractivity contribution is 5.37. The molecule has 4 heteroatoms. The zero-order valence-electron chi connectivity index (χ0n) is 13.0. The fourth-order valence-corrected chi connectivity index (χ4v) is 3.84. The Morgan fingerprint density at radius 2 is 2.00 bits per heavy atom. The van der Waals surface area contributed by atoms with Gasteiger partial charge in [0, 0.05) is 24.0 Å². The van der Waals surface area contributed by atoms with Crippen molar-refractivity contribution in [1.29, 1.82) is 0 Å². The molecule has 2 aromatic rings. The van der Waals surface area contributed by atoms with E-state index in [1.807, 2.05) is 12.4 Å². The quantitative estimate of drug-likeness (QED) is 0.923. The molecule has 1 unspecified atom stereocenters. The summed E-state index contributed by atoms with van der Waals surface area (Å²) in [7, 11) is 0. The van der Waals surface area contributed by atoms with Crippen molar-refractivity contribution in [3.8, 4) is 0 Å². The third kappa shape index (κ3) is 2.56. The second-order valence-electron chi connectivity index (χ2n) is 6.70. The second-order valence-corrected chi connectivity index (χ2v) is 6.70. The molecule has 4 nitrogen and oxygen atoms in total. The molecular weight excluding hydrogens is 272 g/mol. The fourth-order valence-electron chi connectivity index (χ4n) is 3.84. The summed E-state index contributed by atoms with van der Waals surface area (Å²) in [6.07, 6.45) is 11.2. The molecule has 0 aliphatic heterocycles. The highest BCUT2D eigenvalue weighted by Gasteiger charge is 2.35. The van der Waals surface area contributed by atoms with Gasteiger partial charge in [-0.1, -0.05) is 0 Å². The predicted octanol–water partition coefficient (Wildman–Crippen LogP) is 2.97. The number of hydrogen-bond acceptors (Lipinski definition) is 3. The van der Waals surface area contributed by atoms with Gasteiger partial charge in [-0.2, -0.15) is 5.10 Å². The number of fused-ring (bicyclic) bond motifs is 1. The summed E-state index contributed by atoms with van der Waals surface area (Å²) < 4.78 is 2.26. The Morgan fingerprint density at radius 3 is 2.73 bits per heavy atom. The van der Waals surface area contributed by atoms with Gasteiger partial charge in [0.15, 0.2) is 0 Å². The largest absolute Gasteiger partial charge is 0.330 e. The van der Waals surface area contributed by atoms with Crippen LogP contribution >= 0.6 is 0 Å². The Morgan fingerprint density at radius 1 is 1.18 bits per heavy atom. The molecule has 1 fully saturated rings. The lowest BCUT2D eigenvalue weighted by atomic mass is 9.82. The first-order valence-corrected chi connectivity index (χ1v) is 8.55. The summed E-state index contributed by atoms with van der Waals surface area (Å²) >= 11 is 0. The van der Waals surface area contributed by atoms with Gasteiger partial charge in [0.25, 0.3) is 0 Å². The Kier molecular flexibility index (Phi) is 3.70. The van der Waals surface area contributed by atoms with E-state index in [1.54, 1.807) is 5.56 Å². The maximum atomic E-state index is 5.85. The Bertz CT molecular complexity index is 643. The lowest BCUT2D eigenvalue weighted by Crippen LogP contribution is -2.16. The van der Waals surface area contributed by atoms with E-state index in [0.29, 0.717) is 11.8 Å². The number of pyridine rings is 1. The zero-order chi connectivity index (χ0) is 14.9. The summed E-state index contributed by atoms with van der Waals surface area (Å²) in [4.78, 5) is 4.11. The molecule has 0 radical (unpaired) electrons. The summed E-state index contributed by atoms with van der Waals surface area (Å²) in [5.41, 5.74) is 11.6. The summed E-state index contributed by atoms with van der Waals surface area (Å²) in [6, 6.07) is 4.18. The summed E-state index contributed by atoms with van der Waals surface area (Å²) in [5.74, 6) is 1.35. The zero-order valence-corrected chi connectivity index (χ0v) is 13.0. The topological polar surface area (TPSA) is 56.7 Å². The van der Waals surface area contributed by atoms with Crippen LogP contribution in [0.3, 0.4) is 0 Å². The van der Waals surface area contributed by atoms with Crippen LogP contribution in [0.4, 0.5) is 0 Å². The average Bonchev–Trinajstić information content (AvgIpc) is 3.33. The number of nitrogens with zero attached hydrogens (tertiary/aromatic N) is 3. The minimum absolute atomic E-state index is 0.635. The second kappa shape index (κ2) is 5.84. The van der Waals surface area contributed by atoms with E-state index in [2.05, 4.69) is 21.8 Å². The Balaban J connectivity index is 1.72. The van der Waals surface area contributed by atoms with Gasteiger partial charge in [0.1, 0.15) is 0 Å². The molecule has 0 spiro atoms. The van der Waals surface area contributed by atoms with Gasteiger partial charge in [-0.15, -0.1) is 0 Å². The van der Waals surface area contributed by atoms with Crippen LogP contribution in [-0.2, 0) is 13.0 Å². The molecule has 1 atom stereocenters. The lowest BCUT2D eigenvalue weighted by molar-refractivity contribution is 0.505. The van der Waals surface area contributed by atoms with Gasteiger partial charge in [-0.25, -0.2) is 0 Å². The fraction of sp³-hybridized carbons (Fsp3) is 0.556. The van der Waals surface area contributed by atoms with E-state index < -0.39 is 0 Å². The van der Waals surface area contributed by atoms with E-state index in [-0.39, 0.29) is 0 Å². The van der Waals surface area contributed by atoms with Gasteiger partial charge in [-0.3, -0.25) is 9.67 Å². The summed E-state index contributed by atoms with van der Waals surface area (Å²) in [6.45, 7) is 1.65. The van der Waals surface area contributed by atoms with Gasteiger partial charge in [-0.05, 0) is 74.2 Å². The molecule has 2 aliphatic carbocycles. The standard InChI is InChI=1S/C18H24N4/c19-9-6-14-2-1-3-16-17(14)18(15-4-5-15)21-22(16)12-13-7-10-20-11-8-13/h7-8,10-11,14-15H,1-6,9,12,19H2. The normalized spacial score (nSPS) is 20.9. The molecule has 116 valence electrons. The van der Waals surface area contributed by atoms with Gasteiger partial charge in [0.2, 0.25) is 0 Å². The van der Waals surface area contributed by atoms with Crippen LogP contribution in [0.15, 0.2) is 24.5 Å². The third-order valence-electron chi connectivity index (χ3n) is 5.06. The SMILES string of the molecule is NCCC1CCCc2c1c(C1CC1)nn2Cc1ccncc1. The van der Waals surface area contributed by atoms with Crippen molar-refractivity contribution in [3.63, 3.8) is 0 Å². The van der Waals surface area contributed by atoms with Crippen LogP contribution in [0.1, 0.15) is 66.5 Å². The molecule has 2 N–H and O–H groups in total. The minimum Gasteiger partial charge on any atom is -0.330 e. The molecule has 22 heavy (non-hydrogen) atoms. The molecule has 0 aromatic carbocycles. The highest BCUT2D eigenvalue weighted by Crippen LogP contribution is 2.46. The van der Waals surface area contributed by atoms with Crippen LogP contribution < -0.4 is 5.73 Å². The van der Waals surface area contributed by atoms with Crippen LogP contribution in [-0.4, -0.2) is 21.3 Å². The van der Waals surface area contributed by atoms with Gasteiger partial charge < -0.3 is 5.73 Å². The predicted molar refractivity (Wildman–Crippen MR) is 86.9 cm³/mol. The first-order chi connectivity index (χ1) is 10.9. The maximum Gasteiger partial charge on any atom is 0.0693 e. The maximum absolute atomic E-state index is 5.85. The molecule has 0 saturated heterocycles. The summed E-state index contributed by atoms with van der Waals surface area (Å²) in [5, 5.41) is 5.04. The lowest BCUT2D eigenvalue weighted by Gasteiger charge is -2.24. The van der Waals surface area contributed by atoms with E-state index in [9.17, 15) is 0 Å². The van der Waals surface area contributed by atoms with Crippen molar-refractivity contribution in [2.45, 2.75) is 56.9 Å². The number of hydrogen-bond donors (Lipinski definition) is 1. The minimum atomic E-state index is 0.635.